The van der Waals surface area contributed by atoms with E-state index in [1.165, 1.54) is 12.1 Å². The van der Waals surface area contributed by atoms with Gasteiger partial charge in [-0.15, -0.1) is 0 Å². The van der Waals surface area contributed by atoms with Gasteiger partial charge < -0.3 is 9.73 Å². The van der Waals surface area contributed by atoms with Crippen molar-refractivity contribution in [2.75, 3.05) is 19.6 Å². The molecule has 132 valence electrons. The second-order valence-corrected chi connectivity index (χ2v) is 6.19. The Hall–Kier alpha value is -2.67. The summed E-state index contributed by atoms with van der Waals surface area (Å²) < 4.78 is 5.76. The molecule has 1 saturated heterocycles. The van der Waals surface area contributed by atoms with Crippen molar-refractivity contribution in [2.24, 2.45) is 0 Å². The lowest BCUT2D eigenvalue weighted by Crippen LogP contribution is -2.36. The molecule has 1 aromatic carbocycles. The molecule has 25 heavy (non-hydrogen) atoms. The van der Waals surface area contributed by atoms with Crippen molar-refractivity contribution in [2.45, 2.75) is 25.8 Å². The molecule has 2 heterocycles. The Bertz CT molecular complexity index is 765. The van der Waals surface area contributed by atoms with E-state index in [1.807, 2.05) is 19.1 Å². The summed E-state index contributed by atoms with van der Waals surface area (Å²) in [5, 5.41) is 13.9. The molecule has 0 aliphatic carbocycles. The van der Waals surface area contributed by atoms with Gasteiger partial charge in [0.2, 0.25) is 0 Å². The van der Waals surface area contributed by atoms with Crippen LogP contribution in [0.2, 0.25) is 0 Å². The molecule has 0 unspecified atom stereocenters. The predicted molar refractivity (Wildman–Crippen MR) is 92.4 cm³/mol. The Kier molecular flexibility index (Phi) is 5.14. The van der Waals surface area contributed by atoms with Crippen LogP contribution in [0.15, 0.2) is 40.8 Å². The molecule has 0 bridgehead atoms. The number of nitro benzene ring substituents is 1. The van der Waals surface area contributed by atoms with Gasteiger partial charge in [0.25, 0.3) is 11.6 Å². The second kappa shape index (κ2) is 7.48. The minimum absolute atomic E-state index is 0.0667. The predicted octanol–water partition coefficient (Wildman–Crippen LogP) is 3.06. The Morgan fingerprint density at radius 3 is 2.64 bits per heavy atom. The van der Waals surface area contributed by atoms with Crippen LogP contribution in [0.3, 0.4) is 0 Å². The van der Waals surface area contributed by atoms with Gasteiger partial charge in [0.15, 0.2) is 0 Å². The minimum atomic E-state index is -0.539. The number of carbonyl (C=O) groups is 1. The van der Waals surface area contributed by atoms with Crippen LogP contribution < -0.4 is 5.32 Å². The van der Waals surface area contributed by atoms with E-state index in [0.29, 0.717) is 6.54 Å². The van der Waals surface area contributed by atoms with E-state index in [0.717, 1.165) is 37.5 Å². The zero-order chi connectivity index (χ0) is 17.8. The highest BCUT2D eigenvalue weighted by Gasteiger charge is 2.27. The minimum Gasteiger partial charge on any atom is -0.465 e. The topological polar surface area (TPSA) is 88.6 Å². The fourth-order valence-corrected chi connectivity index (χ4v) is 3.20. The summed E-state index contributed by atoms with van der Waals surface area (Å²) in [7, 11) is 0. The van der Waals surface area contributed by atoms with E-state index >= 15 is 0 Å². The van der Waals surface area contributed by atoms with Gasteiger partial charge in [-0.05, 0) is 51.1 Å². The lowest BCUT2D eigenvalue weighted by Gasteiger charge is -2.26. The van der Waals surface area contributed by atoms with Gasteiger partial charge in [0.05, 0.1) is 11.0 Å². The second-order valence-electron chi connectivity index (χ2n) is 6.19. The maximum Gasteiger partial charge on any atom is 0.282 e. The van der Waals surface area contributed by atoms with Crippen LogP contribution in [0.25, 0.3) is 0 Å². The number of hydrogen-bond acceptors (Lipinski definition) is 5. The average molecular weight is 343 g/mol. The maximum atomic E-state index is 12.5. The standard InChI is InChI=1S/C18H21N3O4/c1-13-8-9-17(25-13)16(20-10-4-5-11-20)12-19-18(22)14-6-2-3-7-15(14)21(23)24/h2-3,6-9,16H,4-5,10-12H2,1H3,(H,19,22)/t16-/m1/s1. The van der Waals surface area contributed by atoms with Crippen LogP contribution in [-0.4, -0.2) is 35.4 Å². The van der Waals surface area contributed by atoms with Crippen molar-refractivity contribution in [3.8, 4) is 0 Å². The first-order valence-corrected chi connectivity index (χ1v) is 8.38. The van der Waals surface area contributed by atoms with Gasteiger partial charge in [0, 0.05) is 12.6 Å². The van der Waals surface area contributed by atoms with Crippen molar-refractivity contribution in [1.29, 1.82) is 0 Å². The van der Waals surface area contributed by atoms with E-state index in [1.54, 1.807) is 12.1 Å². The number of benzene rings is 1. The number of furan rings is 1. The van der Waals surface area contributed by atoms with Crippen molar-refractivity contribution in [1.82, 2.24) is 10.2 Å². The van der Waals surface area contributed by atoms with Crippen molar-refractivity contribution in [3.05, 3.63) is 63.6 Å². The lowest BCUT2D eigenvalue weighted by atomic mass is 10.1. The Labute approximate surface area is 145 Å². The third-order valence-electron chi connectivity index (χ3n) is 4.47. The molecule has 1 aromatic heterocycles. The highest BCUT2D eigenvalue weighted by Crippen LogP contribution is 2.26. The zero-order valence-corrected chi connectivity index (χ0v) is 14.1. The first-order chi connectivity index (χ1) is 12.1. The van der Waals surface area contributed by atoms with E-state index < -0.39 is 10.8 Å². The summed E-state index contributed by atoms with van der Waals surface area (Å²) in [6.07, 6.45) is 2.24. The van der Waals surface area contributed by atoms with Crippen LogP contribution in [0, 0.1) is 17.0 Å². The van der Waals surface area contributed by atoms with Crippen LogP contribution >= 0.6 is 0 Å². The first-order valence-electron chi connectivity index (χ1n) is 8.38. The highest BCUT2D eigenvalue weighted by atomic mass is 16.6. The molecule has 0 saturated carbocycles. The summed E-state index contributed by atoms with van der Waals surface area (Å²) in [4.78, 5) is 25.3. The Balaban J connectivity index is 1.75. The molecule has 0 radical (unpaired) electrons. The molecule has 1 fully saturated rings. The third-order valence-corrected chi connectivity index (χ3v) is 4.47. The van der Waals surface area contributed by atoms with Gasteiger partial charge in [-0.1, -0.05) is 12.1 Å². The van der Waals surface area contributed by atoms with Gasteiger partial charge >= 0.3 is 0 Å². The van der Waals surface area contributed by atoms with Crippen molar-refractivity contribution >= 4 is 11.6 Å². The fourth-order valence-electron chi connectivity index (χ4n) is 3.20. The van der Waals surface area contributed by atoms with Gasteiger partial charge in [-0.2, -0.15) is 0 Å². The number of para-hydroxylation sites is 1. The van der Waals surface area contributed by atoms with Crippen LogP contribution in [-0.2, 0) is 0 Å². The van der Waals surface area contributed by atoms with Crippen LogP contribution in [0.5, 0.6) is 0 Å². The summed E-state index contributed by atoms with van der Waals surface area (Å²) in [5.74, 6) is 1.19. The number of rotatable bonds is 6. The molecule has 0 spiro atoms. The van der Waals surface area contributed by atoms with E-state index in [9.17, 15) is 14.9 Å². The Morgan fingerprint density at radius 2 is 2.00 bits per heavy atom. The van der Waals surface area contributed by atoms with E-state index in [-0.39, 0.29) is 17.3 Å². The maximum absolute atomic E-state index is 12.5. The lowest BCUT2D eigenvalue weighted by molar-refractivity contribution is -0.385. The number of nitro groups is 1. The van der Waals surface area contributed by atoms with Crippen molar-refractivity contribution < 1.29 is 14.1 Å². The molecule has 3 rings (SSSR count). The number of nitrogens with zero attached hydrogens (tertiary/aromatic N) is 2. The SMILES string of the molecule is Cc1ccc([C@@H](CNC(=O)c2ccccc2[N+](=O)[O-])N2CCCC2)o1. The number of likely N-dealkylation sites (tertiary alicyclic amines) is 1. The largest absolute Gasteiger partial charge is 0.465 e. The smallest absolute Gasteiger partial charge is 0.282 e. The molecular weight excluding hydrogens is 322 g/mol. The number of aryl methyl sites for hydroxylation is 1. The average Bonchev–Trinajstić information content (AvgIpc) is 3.27. The van der Waals surface area contributed by atoms with Crippen LogP contribution in [0.4, 0.5) is 5.69 Å². The summed E-state index contributed by atoms with van der Waals surface area (Å²) in [6.45, 7) is 4.13. The molecule has 1 N–H and O–H groups in total. The van der Waals surface area contributed by atoms with Gasteiger partial charge in [0.1, 0.15) is 17.1 Å². The van der Waals surface area contributed by atoms with E-state index in [2.05, 4.69) is 10.2 Å². The summed E-state index contributed by atoms with van der Waals surface area (Å²) >= 11 is 0. The number of hydrogen-bond donors (Lipinski definition) is 1. The summed E-state index contributed by atoms with van der Waals surface area (Å²) in [6, 6.07) is 9.74. The fraction of sp³-hybridized carbons (Fsp3) is 0.389. The molecule has 7 heteroatoms. The normalized spacial score (nSPS) is 15.9. The molecule has 7 nitrogen and oxygen atoms in total. The molecular formula is C18H21N3O4. The Morgan fingerprint density at radius 1 is 1.28 bits per heavy atom. The number of nitrogens with one attached hydrogen (secondary N) is 1. The molecule has 1 atom stereocenters. The van der Waals surface area contributed by atoms with Crippen LogP contribution in [0.1, 0.15) is 40.8 Å². The van der Waals surface area contributed by atoms with Crippen molar-refractivity contribution in [3.63, 3.8) is 0 Å². The zero-order valence-electron chi connectivity index (χ0n) is 14.1. The molecule has 1 amide bonds. The van der Waals surface area contributed by atoms with E-state index in [4.69, 9.17) is 4.42 Å². The quantitative estimate of drug-likeness (QED) is 0.643. The number of carbonyl (C=O) groups excluding carboxylic acids is 1. The van der Waals surface area contributed by atoms with Gasteiger partial charge in [-0.3, -0.25) is 19.8 Å². The summed E-state index contributed by atoms with van der Waals surface area (Å²) in [5.41, 5.74) is -0.116. The highest BCUT2D eigenvalue weighted by molar-refractivity contribution is 5.98. The third kappa shape index (κ3) is 3.88. The monoisotopic (exact) mass is 343 g/mol. The molecule has 2 aromatic rings. The molecule has 1 aliphatic rings. The number of amides is 1. The molecule has 1 aliphatic heterocycles. The first kappa shape index (κ1) is 17.2. The van der Waals surface area contributed by atoms with Gasteiger partial charge in [-0.25, -0.2) is 0 Å².